The van der Waals surface area contributed by atoms with Crippen molar-refractivity contribution in [3.05, 3.63) is 89.1 Å². The van der Waals surface area contributed by atoms with Gasteiger partial charge < -0.3 is 4.98 Å². The maximum Gasteiger partial charge on any atom is 0.129 e. The van der Waals surface area contributed by atoms with E-state index in [4.69, 9.17) is 0 Å². The van der Waals surface area contributed by atoms with Gasteiger partial charge in [0.1, 0.15) is 11.6 Å². The van der Waals surface area contributed by atoms with Crippen LogP contribution in [0.5, 0.6) is 0 Å². The van der Waals surface area contributed by atoms with Crippen LogP contribution in [0.3, 0.4) is 0 Å². The van der Waals surface area contributed by atoms with Crippen LogP contribution in [0.1, 0.15) is 48.4 Å². The minimum atomic E-state index is -0.412. The molecule has 2 nitrogen and oxygen atoms in total. The molecule has 5 rings (SSSR count). The van der Waals surface area contributed by atoms with E-state index in [2.05, 4.69) is 52.4 Å². The number of likely N-dealkylation sites (tertiary alicyclic amines) is 1. The van der Waals surface area contributed by atoms with E-state index in [0.29, 0.717) is 0 Å². The molecule has 0 atom stereocenters. The van der Waals surface area contributed by atoms with Gasteiger partial charge in [-0.25, -0.2) is 8.78 Å². The summed E-state index contributed by atoms with van der Waals surface area (Å²) in [5.41, 5.74) is 5.36. The van der Waals surface area contributed by atoms with Gasteiger partial charge in [0, 0.05) is 28.7 Å². The van der Waals surface area contributed by atoms with Crippen molar-refractivity contribution in [2.45, 2.75) is 38.1 Å². The fourth-order valence-electron chi connectivity index (χ4n) is 4.95. The Labute approximate surface area is 175 Å². The number of allylic oxidation sites excluding steroid dienone is 4. The van der Waals surface area contributed by atoms with Gasteiger partial charge in [-0.05, 0) is 74.0 Å². The number of aromatic nitrogens is 1. The van der Waals surface area contributed by atoms with E-state index in [1.165, 1.54) is 45.9 Å². The van der Waals surface area contributed by atoms with Crippen LogP contribution >= 0.6 is 0 Å². The highest BCUT2D eigenvalue weighted by Crippen LogP contribution is 2.35. The minimum Gasteiger partial charge on any atom is -0.355 e. The van der Waals surface area contributed by atoms with Gasteiger partial charge in [0.2, 0.25) is 0 Å². The average molecular weight is 405 g/mol. The number of aromatic amines is 1. The highest BCUT2D eigenvalue weighted by atomic mass is 19.1. The van der Waals surface area contributed by atoms with E-state index < -0.39 is 11.6 Å². The highest BCUT2D eigenvalue weighted by Gasteiger charge is 2.26. The third-order valence-electron chi connectivity index (χ3n) is 6.53. The van der Waals surface area contributed by atoms with Crippen LogP contribution in [-0.2, 0) is 6.54 Å². The van der Waals surface area contributed by atoms with Crippen molar-refractivity contribution in [1.82, 2.24) is 9.88 Å². The van der Waals surface area contributed by atoms with Gasteiger partial charge in [-0.3, -0.25) is 4.90 Å². The molecule has 1 aliphatic carbocycles. The molecule has 1 aromatic heterocycles. The molecule has 2 aromatic carbocycles. The SMILES string of the molecule is Fc1cccc(F)c1C1CCN(Cc2c(C3=CC=CCC3)[nH]c3ccccc23)CC1. The summed E-state index contributed by atoms with van der Waals surface area (Å²) in [5.74, 6) is -0.870. The summed E-state index contributed by atoms with van der Waals surface area (Å²) in [5, 5.41) is 1.27. The van der Waals surface area contributed by atoms with Crippen LogP contribution in [0.2, 0.25) is 0 Å². The first-order chi connectivity index (χ1) is 14.7. The number of para-hydroxylation sites is 1. The zero-order chi connectivity index (χ0) is 20.5. The first-order valence-electron chi connectivity index (χ1n) is 10.8. The van der Waals surface area contributed by atoms with E-state index in [0.717, 1.165) is 45.3 Å². The Bertz CT molecular complexity index is 1100. The number of nitrogens with one attached hydrogen (secondary N) is 1. The van der Waals surface area contributed by atoms with Gasteiger partial charge in [-0.15, -0.1) is 0 Å². The molecule has 0 spiro atoms. The maximum atomic E-state index is 14.2. The second kappa shape index (κ2) is 8.19. The Balaban J connectivity index is 1.38. The van der Waals surface area contributed by atoms with Crippen molar-refractivity contribution >= 4 is 16.5 Å². The van der Waals surface area contributed by atoms with E-state index in [1.54, 1.807) is 0 Å². The maximum absolute atomic E-state index is 14.2. The molecule has 3 aromatic rings. The highest BCUT2D eigenvalue weighted by molar-refractivity contribution is 5.89. The molecular formula is C26H26F2N2. The van der Waals surface area contributed by atoms with Gasteiger partial charge in [0.05, 0.1) is 0 Å². The van der Waals surface area contributed by atoms with Crippen LogP contribution in [0, 0.1) is 11.6 Å². The molecule has 4 heteroatoms. The Hall–Kier alpha value is -2.72. The Morgan fingerprint density at radius 1 is 0.967 bits per heavy atom. The summed E-state index contributed by atoms with van der Waals surface area (Å²) in [7, 11) is 0. The molecule has 0 saturated carbocycles. The molecule has 0 amide bonds. The van der Waals surface area contributed by atoms with Crippen LogP contribution in [-0.4, -0.2) is 23.0 Å². The number of benzene rings is 2. The lowest BCUT2D eigenvalue weighted by Crippen LogP contribution is -2.33. The molecule has 154 valence electrons. The Morgan fingerprint density at radius 3 is 2.47 bits per heavy atom. The van der Waals surface area contributed by atoms with Crippen molar-refractivity contribution in [2.24, 2.45) is 0 Å². The third kappa shape index (κ3) is 3.61. The van der Waals surface area contributed by atoms with Gasteiger partial charge in [0.25, 0.3) is 0 Å². The molecule has 30 heavy (non-hydrogen) atoms. The lowest BCUT2D eigenvalue weighted by molar-refractivity contribution is 0.202. The zero-order valence-electron chi connectivity index (χ0n) is 17.0. The molecule has 2 aliphatic rings. The van der Waals surface area contributed by atoms with Crippen LogP contribution in [0.25, 0.3) is 16.5 Å². The number of H-pyrrole nitrogens is 1. The van der Waals surface area contributed by atoms with Gasteiger partial charge >= 0.3 is 0 Å². The largest absolute Gasteiger partial charge is 0.355 e. The number of halogens is 2. The molecule has 0 radical (unpaired) electrons. The number of nitrogens with zero attached hydrogens (tertiary/aromatic N) is 1. The van der Waals surface area contributed by atoms with Gasteiger partial charge in [0.15, 0.2) is 0 Å². The predicted octanol–water partition coefficient (Wildman–Crippen LogP) is 6.56. The number of rotatable bonds is 4. The lowest BCUT2D eigenvalue weighted by Gasteiger charge is -2.32. The van der Waals surface area contributed by atoms with Crippen molar-refractivity contribution < 1.29 is 8.78 Å². The molecule has 1 fully saturated rings. The second-order valence-corrected chi connectivity index (χ2v) is 8.37. The topological polar surface area (TPSA) is 19.0 Å². The van der Waals surface area contributed by atoms with Crippen molar-refractivity contribution in [2.75, 3.05) is 13.1 Å². The van der Waals surface area contributed by atoms with Crippen LogP contribution in [0.15, 0.2) is 60.7 Å². The minimum absolute atomic E-state index is 0.0453. The van der Waals surface area contributed by atoms with Crippen molar-refractivity contribution in [3.63, 3.8) is 0 Å². The zero-order valence-corrected chi connectivity index (χ0v) is 17.0. The van der Waals surface area contributed by atoms with Crippen LogP contribution < -0.4 is 0 Å². The van der Waals surface area contributed by atoms with Crippen molar-refractivity contribution in [1.29, 1.82) is 0 Å². The molecule has 1 aliphatic heterocycles. The third-order valence-corrected chi connectivity index (χ3v) is 6.53. The summed E-state index contributed by atoms with van der Waals surface area (Å²) in [6, 6.07) is 12.7. The van der Waals surface area contributed by atoms with E-state index in [1.807, 2.05) is 0 Å². The molecule has 0 bridgehead atoms. The molecule has 2 heterocycles. The van der Waals surface area contributed by atoms with E-state index in [-0.39, 0.29) is 11.5 Å². The fraction of sp³-hybridized carbons (Fsp3) is 0.308. The van der Waals surface area contributed by atoms with Crippen molar-refractivity contribution in [3.8, 4) is 0 Å². The first-order valence-corrected chi connectivity index (χ1v) is 10.8. The average Bonchev–Trinajstić information content (AvgIpc) is 3.14. The normalized spacial score (nSPS) is 18.1. The summed E-state index contributed by atoms with van der Waals surface area (Å²) < 4.78 is 28.4. The second-order valence-electron chi connectivity index (χ2n) is 8.37. The molecular weight excluding hydrogens is 378 g/mol. The summed E-state index contributed by atoms with van der Waals surface area (Å²) >= 11 is 0. The lowest BCUT2D eigenvalue weighted by atomic mass is 9.88. The summed E-state index contributed by atoms with van der Waals surface area (Å²) in [4.78, 5) is 6.07. The predicted molar refractivity (Wildman–Crippen MR) is 118 cm³/mol. The van der Waals surface area contributed by atoms with Crippen LogP contribution in [0.4, 0.5) is 8.78 Å². The monoisotopic (exact) mass is 404 g/mol. The number of hydrogen-bond acceptors (Lipinski definition) is 1. The number of hydrogen-bond donors (Lipinski definition) is 1. The Morgan fingerprint density at radius 2 is 1.73 bits per heavy atom. The van der Waals surface area contributed by atoms with Gasteiger partial charge in [-0.1, -0.05) is 42.5 Å². The van der Waals surface area contributed by atoms with E-state index >= 15 is 0 Å². The molecule has 1 N–H and O–H groups in total. The van der Waals surface area contributed by atoms with Gasteiger partial charge in [-0.2, -0.15) is 0 Å². The standard InChI is InChI=1S/C26H26F2N2/c27-22-10-6-11-23(28)25(22)18-13-15-30(16-14-18)17-21-20-9-4-5-12-24(20)29-26(21)19-7-2-1-3-8-19/h1-2,4-7,9-12,18,29H,3,8,13-17H2. The molecule has 1 saturated heterocycles. The smallest absolute Gasteiger partial charge is 0.129 e. The summed E-state index contributed by atoms with van der Waals surface area (Å²) in [6.45, 7) is 2.54. The van der Waals surface area contributed by atoms with E-state index in [9.17, 15) is 8.78 Å². The first kappa shape index (κ1) is 19.3. The Kier molecular flexibility index (Phi) is 5.26. The quantitative estimate of drug-likeness (QED) is 0.522. The number of fused-ring (bicyclic) bond motifs is 1. The summed E-state index contributed by atoms with van der Waals surface area (Å²) in [6.07, 6.45) is 10.2. The number of piperidine rings is 1. The molecule has 0 unspecified atom stereocenters. The fourth-order valence-corrected chi connectivity index (χ4v) is 4.95.